The first kappa shape index (κ1) is 17.5. The molecule has 1 aromatic rings. The van der Waals surface area contributed by atoms with Crippen LogP contribution in [0.1, 0.15) is 27.7 Å². The Balaban J connectivity index is 3.28. The summed E-state index contributed by atoms with van der Waals surface area (Å²) in [5, 5.41) is 9.17. The van der Waals surface area contributed by atoms with Crippen molar-refractivity contribution in [2.75, 3.05) is 0 Å². The van der Waals surface area contributed by atoms with Gasteiger partial charge in [0.15, 0.2) is 0 Å². The van der Waals surface area contributed by atoms with Crippen molar-refractivity contribution in [3.05, 3.63) is 29.8 Å². The second kappa shape index (κ2) is 5.34. The van der Waals surface area contributed by atoms with Crippen LogP contribution in [0.25, 0.3) is 0 Å². The molecule has 0 aliphatic rings. The number of nitrogens with one attached hydrogen (secondary N) is 1. The summed E-state index contributed by atoms with van der Waals surface area (Å²) in [7, 11) is -4.42. The highest BCUT2D eigenvalue weighted by atomic mass is 32.2. The summed E-state index contributed by atoms with van der Waals surface area (Å²) in [6.45, 7) is 5.38. The van der Waals surface area contributed by atoms with E-state index in [1.807, 2.05) is 0 Å². The molecule has 0 aliphatic carbocycles. The van der Waals surface area contributed by atoms with Gasteiger partial charge >= 0.3 is 5.97 Å². The third-order valence-electron chi connectivity index (χ3n) is 3.67. The fraction of sp³-hybridized carbons (Fsp3) is 0.462. The molecular formula is C13H17F2NO4S. The first-order chi connectivity index (χ1) is 9.31. The summed E-state index contributed by atoms with van der Waals surface area (Å²) in [5.41, 5.74) is -2.90. The molecule has 0 radical (unpaired) electrons. The third-order valence-corrected chi connectivity index (χ3v) is 5.34. The molecule has 1 aromatic carbocycles. The smallest absolute Gasteiger partial charge is 0.310 e. The normalized spacial score (nSPS) is 13.2. The Morgan fingerprint density at radius 1 is 1.19 bits per heavy atom. The van der Waals surface area contributed by atoms with Crippen LogP contribution in [-0.2, 0) is 14.8 Å². The van der Waals surface area contributed by atoms with E-state index in [0.717, 1.165) is 6.07 Å². The number of sulfonamides is 1. The molecule has 0 fully saturated rings. The van der Waals surface area contributed by atoms with E-state index in [2.05, 4.69) is 4.72 Å². The van der Waals surface area contributed by atoms with Gasteiger partial charge in [-0.2, -0.15) is 0 Å². The Hall–Kier alpha value is -1.54. The van der Waals surface area contributed by atoms with Crippen LogP contribution in [0.3, 0.4) is 0 Å². The Morgan fingerprint density at radius 3 is 2.19 bits per heavy atom. The number of hydrogen-bond donors (Lipinski definition) is 2. The van der Waals surface area contributed by atoms with Gasteiger partial charge in [-0.15, -0.1) is 0 Å². The van der Waals surface area contributed by atoms with Gasteiger partial charge in [0, 0.05) is 5.54 Å². The van der Waals surface area contributed by atoms with Crippen molar-refractivity contribution >= 4 is 16.0 Å². The van der Waals surface area contributed by atoms with Gasteiger partial charge in [0.2, 0.25) is 10.0 Å². The first-order valence-electron chi connectivity index (χ1n) is 6.04. The highest BCUT2D eigenvalue weighted by Crippen LogP contribution is 2.32. The summed E-state index contributed by atoms with van der Waals surface area (Å²) in [6.07, 6.45) is 0. The number of hydrogen-bond acceptors (Lipinski definition) is 3. The maximum Gasteiger partial charge on any atom is 0.310 e. The molecule has 0 saturated carbocycles. The predicted molar refractivity (Wildman–Crippen MR) is 72.2 cm³/mol. The van der Waals surface area contributed by atoms with Crippen LogP contribution in [0, 0.1) is 17.0 Å². The van der Waals surface area contributed by atoms with E-state index in [9.17, 15) is 27.1 Å². The summed E-state index contributed by atoms with van der Waals surface area (Å²) in [5.74, 6) is -3.25. The molecule has 0 aromatic heterocycles. The highest BCUT2D eigenvalue weighted by molar-refractivity contribution is 7.89. The van der Waals surface area contributed by atoms with Gasteiger partial charge in [-0.25, -0.2) is 21.9 Å². The number of carboxylic acid groups (broad SMARTS) is 1. The predicted octanol–water partition coefficient (Wildman–Crippen LogP) is 2.13. The summed E-state index contributed by atoms with van der Waals surface area (Å²) in [4.78, 5) is 10.4. The number of aliphatic carboxylic acids is 1. The largest absolute Gasteiger partial charge is 0.481 e. The average molecular weight is 321 g/mol. The molecule has 0 aliphatic heterocycles. The van der Waals surface area contributed by atoms with Crippen LogP contribution in [0.2, 0.25) is 0 Å². The topological polar surface area (TPSA) is 83.5 Å². The Morgan fingerprint density at radius 2 is 1.71 bits per heavy atom. The molecule has 0 spiro atoms. The van der Waals surface area contributed by atoms with E-state index in [1.165, 1.54) is 27.7 Å². The van der Waals surface area contributed by atoms with E-state index in [4.69, 9.17) is 0 Å². The Bertz CT molecular complexity index is 669. The summed E-state index contributed by atoms with van der Waals surface area (Å²) in [6, 6.07) is 2.03. The SMILES string of the molecule is CC(C)(NS(=O)(=O)c1cc(F)ccc1F)C(C)(C)C(=O)O. The summed E-state index contributed by atoms with van der Waals surface area (Å²) >= 11 is 0. The maximum absolute atomic E-state index is 13.6. The van der Waals surface area contributed by atoms with E-state index in [1.54, 1.807) is 0 Å². The number of halogens is 2. The minimum atomic E-state index is -4.42. The fourth-order valence-corrected chi connectivity index (χ4v) is 3.10. The second-order valence-electron chi connectivity index (χ2n) is 5.74. The first-order valence-corrected chi connectivity index (χ1v) is 7.52. The minimum absolute atomic E-state index is 0.543. The number of rotatable bonds is 5. The molecule has 0 heterocycles. The van der Waals surface area contributed by atoms with Crippen molar-refractivity contribution < 1.29 is 27.1 Å². The van der Waals surface area contributed by atoms with Crippen molar-refractivity contribution in [3.8, 4) is 0 Å². The molecule has 0 saturated heterocycles. The van der Waals surface area contributed by atoms with Gasteiger partial charge in [0.05, 0.1) is 5.41 Å². The van der Waals surface area contributed by atoms with Gasteiger partial charge in [-0.1, -0.05) is 0 Å². The lowest BCUT2D eigenvalue weighted by Gasteiger charge is -2.38. The van der Waals surface area contributed by atoms with E-state index in [-0.39, 0.29) is 0 Å². The van der Waals surface area contributed by atoms with Crippen LogP contribution in [0.15, 0.2) is 23.1 Å². The third kappa shape index (κ3) is 3.38. The quantitative estimate of drug-likeness (QED) is 0.870. The average Bonchev–Trinajstić information content (AvgIpc) is 2.30. The monoisotopic (exact) mass is 321 g/mol. The van der Waals surface area contributed by atoms with E-state index >= 15 is 0 Å². The number of carbonyl (C=O) groups is 1. The molecule has 118 valence electrons. The second-order valence-corrected chi connectivity index (χ2v) is 7.39. The molecule has 0 bridgehead atoms. The lowest BCUT2D eigenvalue weighted by Crippen LogP contribution is -2.56. The van der Waals surface area contributed by atoms with Crippen molar-refractivity contribution in [2.24, 2.45) is 5.41 Å². The molecule has 0 unspecified atom stereocenters. The molecule has 21 heavy (non-hydrogen) atoms. The van der Waals surface area contributed by atoms with Gasteiger partial charge in [-0.05, 0) is 45.9 Å². The molecule has 0 atom stereocenters. The van der Waals surface area contributed by atoms with Gasteiger partial charge < -0.3 is 5.11 Å². The zero-order valence-electron chi connectivity index (χ0n) is 12.1. The van der Waals surface area contributed by atoms with Crippen LogP contribution >= 0.6 is 0 Å². The number of benzene rings is 1. The van der Waals surface area contributed by atoms with Crippen molar-refractivity contribution in [2.45, 2.75) is 38.1 Å². The molecule has 5 nitrogen and oxygen atoms in total. The van der Waals surface area contributed by atoms with Crippen LogP contribution in [0.5, 0.6) is 0 Å². The molecular weight excluding hydrogens is 304 g/mol. The van der Waals surface area contributed by atoms with Crippen LogP contribution in [0.4, 0.5) is 8.78 Å². The van der Waals surface area contributed by atoms with Crippen molar-refractivity contribution in [3.63, 3.8) is 0 Å². The fourth-order valence-electron chi connectivity index (χ4n) is 1.47. The van der Waals surface area contributed by atoms with Crippen LogP contribution in [-0.4, -0.2) is 25.0 Å². The van der Waals surface area contributed by atoms with Crippen LogP contribution < -0.4 is 4.72 Å². The van der Waals surface area contributed by atoms with Crippen molar-refractivity contribution in [1.29, 1.82) is 0 Å². The van der Waals surface area contributed by atoms with E-state index < -0.39 is 43.5 Å². The van der Waals surface area contributed by atoms with Crippen molar-refractivity contribution in [1.82, 2.24) is 4.72 Å². The lowest BCUT2D eigenvalue weighted by atomic mass is 9.75. The van der Waals surface area contributed by atoms with E-state index in [0.29, 0.717) is 12.1 Å². The standard InChI is InChI=1S/C13H17F2NO4S/c1-12(2,11(17)18)13(3,4)16-21(19,20)10-7-8(14)5-6-9(10)15/h5-7,16H,1-4H3,(H,17,18). The molecule has 2 N–H and O–H groups in total. The highest BCUT2D eigenvalue weighted by Gasteiger charge is 2.46. The zero-order valence-corrected chi connectivity index (χ0v) is 12.9. The minimum Gasteiger partial charge on any atom is -0.481 e. The Kier molecular flexibility index (Phi) is 4.45. The summed E-state index contributed by atoms with van der Waals surface area (Å²) < 4.78 is 53.2. The van der Waals surface area contributed by atoms with Gasteiger partial charge in [-0.3, -0.25) is 4.79 Å². The van der Waals surface area contributed by atoms with Gasteiger partial charge in [0.25, 0.3) is 0 Å². The maximum atomic E-state index is 13.6. The zero-order chi connectivity index (χ0) is 16.6. The molecule has 8 heteroatoms. The molecule has 1 rings (SSSR count). The number of carboxylic acids is 1. The lowest BCUT2D eigenvalue weighted by molar-refractivity contribution is -0.150. The molecule has 0 amide bonds. The Labute approximate surface area is 122 Å². The van der Waals surface area contributed by atoms with Gasteiger partial charge in [0.1, 0.15) is 16.5 Å².